The number of benzene rings is 1. The molecule has 2 aromatic rings. The average Bonchev–Trinajstić information content (AvgIpc) is 2.84. The summed E-state index contributed by atoms with van der Waals surface area (Å²) in [4.78, 5) is 10.5. The minimum atomic E-state index is -0.929. The highest BCUT2D eigenvalue weighted by atomic mass is 32.2. The largest absolute Gasteiger partial charge is 0.491 e. The van der Waals surface area contributed by atoms with Crippen LogP contribution in [0.25, 0.3) is 11.5 Å². The molecular formula is C13H14N2O4S. The smallest absolute Gasteiger partial charge is 0.314 e. The molecule has 0 spiro atoms. The summed E-state index contributed by atoms with van der Waals surface area (Å²) in [5.41, 5.74) is 0.734. The summed E-state index contributed by atoms with van der Waals surface area (Å²) in [6, 6.07) is 7.31. The molecule has 0 aliphatic heterocycles. The fraction of sp³-hybridized carbons (Fsp3) is 0.308. The van der Waals surface area contributed by atoms with Crippen molar-refractivity contribution in [2.45, 2.75) is 25.2 Å². The van der Waals surface area contributed by atoms with Gasteiger partial charge in [-0.25, -0.2) is 0 Å². The van der Waals surface area contributed by atoms with Crippen LogP contribution in [0.2, 0.25) is 0 Å². The molecule has 0 aliphatic rings. The van der Waals surface area contributed by atoms with E-state index < -0.39 is 5.97 Å². The molecule has 20 heavy (non-hydrogen) atoms. The quantitative estimate of drug-likeness (QED) is 0.820. The number of carboxylic acids is 1. The Morgan fingerprint density at radius 2 is 2.25 bits per heavy atom. The third kappa shape index (κ3) is 3.99. The van der Waals surface area contributed by atoms with Crippen molar-refractivity contribution in [3.8, 4) is 17.2 Å². The van der Waals surface area contributed by atoms with Gasteiger partial charge in [-0.05, 0) is 32.0 Å². The summed E-state index contributed by atoms with van der Waals surface area (Å²) in [5.74, 6) is 0.0163. The third-order valence-corrected chi connectivity index (χ3v) is 2.98. The lowest BCUT2D eigenvalue weighted by molar-refractivity contribution is -0.133. The molecule has 0 bridgehead atoms. The number of hydrogen-bond acceptors (Lipinski definition) is 6. The molecule has 1 aromatic heterocycles. The Morgan fingerprint density at radius 1 is 1.45 bits per heavy atom. The van der Waals surface area contributed by atoms with Gasteiger partial charge in [0.15, 0.2) is 0 Å². The van der Waals surface area contributed by atoms with Crippen molar-refractivity contribution >= 4 is 17.7 Å². The summed E-state index contributed by atoms with van der Waals surface area (Å²) < 4.78 is 11.0. The lowest BCUT2D eigenvalue weighted by Gasteiger charge is -2.09. The summed E-state index contributed by atoms with van der Waals surface area (Å²) in [6.45, 7) is 3.89. The highest BCUT2D eigenvalue weighted by Gasteiger charge is 2.11. The Kier molecular flexibility index (Phi) is 4.62. The third-order valence-electron chi connectivity index (χ3n) is 2.18. The van der Waals surface area contributed by atoms with Crippen molar-refractivity contribution in [2.75, 3.05) is 5.75 Å². The number of carboxylic acid groups (broad SMARTS) is 1. The van der Waals surface area contributed by atoms with Crippen molar-refractivity contribution in [3.05, 3.63) is 24.3 Å². The lowest BCUT2D eigenvalue weighted by atomic mass is 10.2. The number of nitrogens with zero attached hydrogens (tertiary/aromatic N) is 2. The number of hydrogen-bond donors (Lipinski definition) is 1. The first kappa shape index (κ1) is 14.4. The average molecular weight is 294 g/mol. The zero-order chi connectivity index (χ0) is 14.5. The van der Waals surface area contributed by atoms with Crippen LogP contribution in [0.4, 0.5) is 0 Å². The van der Waals surface area contributed by atoms with Crippen molar-refractivity contribution in [1.29, 1.82) is 0 Å². The molecular weight excluding hydrogens is 280 g/mol. The molecule has 1 N–H and O–H groups in total. The normalized spacial score (nSPS) is 10.8. The molecule has 106 valence electrons. The maximum absolute atomic E-state index is 10.5. The van der Waals surface area contributed by atoms with Gasteiger partial charge in [0.25, 0.3) is 5.22 Å². The molecule has 2 rings (SSSR count). The number of rotatable bonds is 6. The highest BCUT2D eigenvalue weighted by Crippen LogP contribution is 2.26. The lowest BCUT2D eigenvalue weighted by Crippen LogP contribution is -2.05. The number of ether oxygens (including phenoxy) is 1. The number of aliphatic carboxylic acids is 1. The van der Waals surface area contributed by atoms with Crippen molar-refractivity contribution < 1.29 is 19.1 Å². The second-order valence-corrected chi connectivity index (χ2v) is 5.18. The summed E-state index contributed by atoms with van der Waals surface area (Å²) in [7, 11) is 0. The Bertz CT molecular complexity index is 598. The number of carbonyl (C=O) groups is 1. The van der Waals surface area contributed by atoms with Crippen LogP contribution in [0, 0.1) is 0 Å². The van der Waals surface area contributed by atoms with E-state index in [-0.39, 0.29) is 17.1 Å². The molecule has 0 atom stereocenters. The van der Waals surface area contributed by atoms with E-state index in [0.717, 1.165) is 23.1 Å². The van der Waals surface area contributed by atoms with Crippen LogP contribution in [-0.2, 0) is 4.79 Å². The van der Waals surface area contributed by atoms with Crippen molar-refractivity contribution in [2.24, 2.45) is 0 Å². The SMILES string of the molecule is CC(C)Oc1cccc(-c2nnc(SCC(=O)O)o2)c1. The first-order valence-electron chi connectivity index (χ1n) is 6.00. The summed E-state index contributed by atoms with van der Waals surface area (Å²) in [5, 5.41) is 16.5. The van der Waals surface area contributed by atoms with Gasteiger partial charge < -0.3 is 14.3 Å². The van der Waals surface area contributed by atoms with E-state index in [9.17, 15) is 4.79 Å². The van der Waals surface area contributed by atoms with Gasteiger partial charge in [-0.15, -0.1) is 10.2 Å². The molecule has 0 saturated carbocycles. The maximum atomic E-state index is 10.5. The van der Waals surface area contributed by atoms with Gasteiger partial charge in [-0.3, -0.25) is 4.79 Å². The zero-order valence-corrected chi connectivity index (χ0v) is 11.9. The Morgan fingerprint density at radius 3 is 2.95 bits per heavy atom. The van der Waals surface area contributed by atoms with E-state index in [1.165, 1.54) is 0 Å². The van der Waals surface area contributed by atoms with E-state index >= 15 is 0 Å². The molecule has 0 unspecified atom stereocenters. The first-order valence-corrected chi connectivity index (χ1v) is 6.98. The topological polar surface area (TPSA) is 85.5 Å². The fourth-order valence-electron chi connectivity index (χ4n) is 1.48. The van der Waals surface area contributed by atoms with Gasteiger partial charge in [0, 0.05) is 5.56 Å². The number of thioether (sulfide) groups is 1. The van der Waals surface area contributed by atoms with Gasteiger partial charge in [0.1, 0.15) is 11.5 Å². The monoisotopic (exact) mass is 294 g/mol. The second-order valence-electron chi connectivity index (χ2n) is 4.25. The van der Waals surface area contributed by atoms with Gasteiger partial charge in [-0.1, -0.05) is 17.8 Å². The van der Waals surface area contributed by atoms with E-state index in [4.69, 9.17) is 14.3 Å². The minimum absolute atomic E-state index is 0.0784. The highest BCUT2D eigenvalue weighted by molar-refractivity contribution is 7.99. The van der Waals surface area contributed by atoms with Crippen LogP contribution in [0.3, 0.4) is 0 Å². The molecule has 0 radical (unpaired) electrons. The Balaban J connectivity index is 2.13. The van der Waals surface area contributed by atoms with Crippen LogP contribution < -0.4 is 4.74 Å². The maximum Gasteiger partial charge on any atom is 0.314 e. The van der Waals surface area contributed by atoms with Crippen molar-refractivity contribution in [1.82, 2.24) is 10.2 Å². The molecule has 1 aromatic carbocycles. The molecule has 0 amide bonds. The van der Waals surface area contributed by atoms with Gasteiger partial charge in [-0.2, -0.15) is 0 Å². The number of aromatic nitrogens is 2. The molecule has 6 nitrogen and oxygen atoms in total. The van der Waals surface area contributed by atoms with Crippen LogP contribution in [-0.4, -0.2) is 33.1 Å². The van der Waals surface area contributed by atoms with Crippen LogP contribution in [0.1, 0.15) is 13.8 Å². The Labute approximate surface area is 120 Å². The van der Waals surface area contributed by atoms with E-state index in [1.54, 1.807) is 6.07 Å². The second kappa shape index (κ2) is 6.42. The standard InChI is InChI=1S/C13H14N2O4S/c1-8(2)18-10-5-3-4-9(6-10)12-14-15-13(19-12)20-7-11(16)17/h3-6,8H,7H2,1-2H3,(H,16,17). The van der Waals surface area contributed by atoms with Gasteiger partial charge in [0.2, 0.25) is 5.89 Å². The van der Waals surface area contributed by atoms with E-state index in [0.29, 0.717) is 5.89 Å². The van der Waals surface area contributed by atoms with Crippen LogP contribution in [0.5, 0.6) is 5.75 Å². The molecule has 0 saturated heterocycles. The predicted octanol–water partition coefficient (Wildman–Crippen LogP) is 2.70. The van der Waals surface area contributed by atoms with Gasteiger partial charge in [0.05, 0.1) is 6.10 Å². The summed E-state index contributed by atoms with van der Waals surface area (Å²) >= 11 is 0.988. The van der Waals surface area contributed by atoms with Crippen LogP contribution >= 0.6 is 11.8 Å². The van der Waals surface area contributed by atoms with E-state index in [1.807, 2.05) is 32.0 Å². The minimum Gasteiger partial charge on any atom is -0.491 e. The van der Waals surface area contributed by atoms with Crippen LogP contribution in [0.15, 0.2) is 33.9 Å². The van der Waals surface area contributed by atoms with Gasteiger partial charge >= 0.3 is 5.97 Å². The predicted molar refractivity (Wildman–Crippen MR) is 73.9 cm³/mol. The van der Waals surface area contributed by atoms with Crippen molar-refractivity contribution in [3.63, 3.8) is 0 Å². The fourth-order valence-corrected chi connectivity index (χ4v) is 1.97. The van der Waals surface area contributed by atoms with E-state index in [2.05, 4.69) is 10.2 Å². The first-order chi connectivity index (χ1) is 9.54. The molecule has 7 heteroatoms. The molecule has 1 heterocycles. The Hall–Kier alpha value is -2.02. The molecule has 0 fully saturated rings. The zero-order valence-electron chi connectivity index (χ0n) is 11.1. The molecule has 0 aliphatic carbocycles. The summed E-state index contributed by atoms with van der Waals surface area (Å²) in [6.07, 6.45) is 0.0784.